The van der Waals surface area contributed by atoms with Crippen LogP contribution in [0.2, 0.25) is 5.09 Å². The van der Waals surface area contributed by atoms with Crippen molar-refractivity contribution in [1.29, 1.82) is 0 Å². The van der Waals surface area contributed by atoms with Gasteiger partial charge in [-0.2, -0.15) is 0 Å². The van der Waals surface area contributed by atoms with E-state index in [0.29, 0.717) is 0 Å². The van der Waals surface area contributed by atoms with Gasteiger partial charge in [-0.25, -0.2) is 0 Å². The minimum atomic E-state index is 1.17. The van der Waals surface area contributed by atoms with Gasteiger partial charge in [0.25, 0.3) is 0 Å². The zero-order valence-corrected chi connectivity index (χ0v) is 5.33. The Labute approximate surface area is 55.1 Å². The summed E-state index contributed by atoms with van der Waals surface area (Å²) in [5.74, 6) is 0. The average Bonchev–Trinajstić information content (AvgIpc) is 1.69. The van der Waals surface area contributed by atoms with Gasteiger partial charge in [0.05, 0.1) is 0 Å². The predicted molar refractivity (Wildman–Crippen MR) is 33.7 cm³/mol. The Hall–Kier alpha value is 0.557. The first-order chi connectivity index (χ1) is 3.41. The van der Waals surface area contributed by atoms with Crippen molar-refractivity contribution in [2.75, 3.05) is 13.6 Å². The van der Waals surface area contributed by atoms with E-state index in [1.807, 2.05) is 7.05 Å². The fraction of sp³-hybridized carbons (Fsp3) is 1.00. The first-order valence-electron chi connectivity index (χ1n) is 3.06. The average molecular weight is 93.1 g/mol. The molecule has 0 unspecified atom stereocenters. The van der Waals surface area contributed by atoms with Crippen molar-refractivity contribution in [3.63, 3.8) is 0 Å². The van der Waals surface area contributed by atoms with Crippen LogP contribution in [-0.4, -0.2) is 31.3 Å². The molecule has 0 saturated heterocycles. The third kappa shape index (κ3) is 6.56. The second-order valence-electron chi connectivity index (χ2n) is 1.81. The molecule has 0 aromatic rings. The van der Waals surface area contributed by atoms with E-state index in [0.717, 1.165) is 0 Å². The molecule has 0 spiro atoms. The molecule has 1 N–H and O–H groups in total. The summed E-state index contributed by atoms with van der Waals surface area (Å²) in [7, 11) is 2.00. The summed E-state index contributed by atoms with van der Waals surface area (Å²) in [5, 5.41) is 4.42. The first kappa shape index (κ1) is 7.56. The van der Waals surface area contributed by atoms with Gasteiger partial charge in [-0.3, -0.25) is 0 Å². The molecule has 0 aliphatic carbocycles. The topological polar surface area (TPSA) is 12.0 Å². The monoisotopic (exact) mass is 93.1 g/mol. The van der Waals surface area contributed by atoms with Gasteiger partial charge >= 0.3 is 54.6 Å². The maximum atomic E-state index is 3.10. The second kappa shape index (κ2) is 6.56. The minimum absolute atomic E-state index is 1.17. The fourth-order valence-electron chi connectivity index (χ4n) is 0.552. The van der Waals surface area contributed by atoms with E-state index in [1.165, 1.54) is 24.5 Å². The molecule has 0 aliphatic rings. The molecule has 7 heavy (non-hydrogen) atoms. The SMILES string of the molecule is [Li][CH2]CCCNC. The summed E-state index contributed by atoms with van der Waals surface area (Å²) in [6, 6.07) is 0. The molecule has 0 bridgehead atoms. The molecule has 1 nitrogen and oxygen atoms in total. The van der Waals surface area contributed by atoms with Gasteiger partial charge < -0.3 is 0 Å². The molecular formula is C5H12LiN. The molecule has 0 radical (unpaired) electrons. The number of hydrogen-bond acceptors (Lipinski definition) is 1. The van der Waals surface area contributed by atoms with Crippen LogP contribution in [-0.2, 0) is 0 Å². The van der Waals surface area contributed by atoms with Crippen molar-refractivity contribution in [3.8, 4) is 0 Å². The molecule has 0 heterocycles. The van der Waals surface area contributed by atoms with Gasteiger partial charge in [-0.15, -0.1) is 0 Å². The van der Waals surface area contributed by atoms with Crippen LogP contribution in [0.5, 0.6) is 0 Å². The van der Waals surface area contributed by atoms with Crippen molar-refractivity contribution in [3.05, 3.63) is 0 Å². The summed E-state index contributed by atoms with van der Waals surface area (Å²) in [6.07, 6.45) is 2.69. The molecule has 0 aliphatic heterocycles. The van der Waals surface area contributed by atoms with Gasteiger partial charge in [0, 0.05) is 0 Å². The van der Waals surface area contributed by atoms with Crippen molar-refractivity contribution >= 4 is 17.7 Å². The Kier molecular flexibility index (Phi) is 7.08. The fourth-order valence-corrected chi connectivity index (χ4v) is 0.552. The molecular weight excluding hydrogens is 81.0 g/mol. The van der Waals surface area contributed by atoms with E-state index in [1.54, 1.807) is 0 Å². The Bertz CT molecular complexity index is 27.3. The van der Waals surface area contributed by atoms with Crippen LogP contribution in [0.4, 0.5) is 0 Å². The molecule has 0 rings (SSSR count). The van der Waals surface area contributed by atoms with E-state index in [-0.39, 0.29) is 0 Å². The Morgan fingerprint density at radius 2 is 2.14 bits per heavy atom. The van der Waals surface area contributed by atoms with Crippen LogP contribution < -0.4 is 5.32 Å². The Balaban J connectivity index is 2.45. The Morgan fingerprint density at radius 1 is 1.43 bits per heavy atom. The molecule has 2 heteroatoms. The number of hydrogen-bond donors (Lipinski definition) is 1. The Morgan fingerprint density at radius 3 is 2.57 bits per heavy atom. The summed E-state index contributed by atoms with van der Waals surface area (Å²) in [4.78, 5) is 0. The van der Waals surface area contributed by atoms with Crippen molar-refractivity contribution in [2.24, 2.45) is 0 Å². The molecule has 0 saturated carbocycles. The van der Waals surface area contributed by atoms with Crippen molar-refractivity contribution in [2.45, 2.75) is 17.9 Å². The van der Waals surface area contributed by atoms with Gasteiger partial charge in [-0.1, -0.05) is 0 Å². The summed E-state index contributed by atoms with van der Waals surface area (Å²) in [6.45, 7) is 1.17. The molecule has 0 aromatic heterocycles. The maximum absolute atomic E-state index is 3.10. The third-order valence-corrected chi connectivity index (χ3v) is 1.03. The summed E-state index contributed by atoms with van der Waals surface area (Å²) in [5.41, 5.74) is 0. The van der Waals surface area contributed by atoms with Gasteiger partial charge in [-0.05, 0) is 0 Å². The first-order valence-corrected chi connectivity index (χ1v) is 3.06. The summed E-state index contributed by atoms with van der Waals surface area (Å²) < 4.78 is 0. The van der Waals surface area contributed by atoms with Crippen molar-refractivity contribution in [1.82, 2.24) is 5.32 Å². The van der Waals surface area contributed by atoms with Crippen LogP contribution in [0.25, 0.3) is 0 Å². The molecule has 38 valence electrons. The third-order valence-electron chi connectivity index (χ3n) is 1.03. The van der Waals surface area contributed by atoms with Crippen LogP contribution in [0.3, 0.4) is 0 Å². The van der Waals surface area contributed by atoms with E-state index in [9.17, 15) is 0 Å². The summed E-state index contributed by atoms with van der Waals surface area (Å²) >= 11 is 2.22. The van der Waals surface area contributed by atoms with Gasteiger partial charge in [0.2, 0.25) is 0 Å². The zero-order valence-electron chi connectivity index (χ0n) is 5.33. The van der Waals surface area contributed by atoms with Crippen LogP contribution in [0, 0.1) is 0 Å². The molecule has 0 fully saturated rings. The second-order valence-corrected chi connectivity index (χ2v) is 1.81. The van der Waals surface area contributed by atoms with E-state index in [4.69, 9.17) is 0 Å². The zero-order chi connectivity index (χ0) is 5.54. The quantitative estimate of drug-likeness (QED) is 0.396. The molecule has 0 atom stereocenters. The van der Waals surface area contributed by atoms with E-state index < -0.39 is 0 Å². The van der Waals surface area contributed by atoms with Crippen LogP contribution in [0.15, 0.2) is 0 Å². The standard InChI is InChI=1S/C5H12N.Li/c1-3-4-5-6-2;/h6H,1,3-5H2,2H3;. The molecule has 0 aromatic carbocycles. The predicted octanol–water partition coefficient (Wildman–Crippen LogP) is 0.573. The number of nitrogens with one attached hydrogen (secondary N) is 1. The van der Waals surface area contributed by atoms with Crippen molar-refractivity contribution < 1.29 is 0 Å². The molecule has 0 amide bonds. The van der Waals surface area contributed by atoms with E-state index >= 15 is 0 Å². The van der Waals surface area contributed by atoms with Crippen LogP contribution in [0.1, 0.15) is 12.8 Å². The van der Waals surface area contributed by atoms with Crippen LogP contribution >= 0.6 is 0 Å². The van der Waals surface area contributed by atoms with E-state index in [2.05, 4.69) is 23.0 Å². The number of rotatable bonds is 4. The number of unbranched alkanes of at least 4 members (excludes halogenated alkanes) is 1. The normalized spacial score (nSPS) is 9.57. The van der Waals surface area contributed by atoms with Gasteiger partial charge in [0.1, 0.15) is 0 Å². The van der Waals surface area contributed by atoms with Gasteiger partial charge in [0.15, 0.2) is 0 Å².